The maximum Gasteiger partial charge on any atom is 0.228 e. The topological polar surface area (TPSA) is 53.1 Å². The molecule has 1 aromatic rings. The second kappa shape index (κ2) is 7.84. The Hall–Kier alpha value is -2.15. The van der Waals surface area contributed by atoms with Gasteiger partial charge in [-0.2, -0.15) is 0 Å². The largest absolute Gasteiger partial charge is 0.381 e. The van der Waals surface area contributed by atoms with Crippen molar-refractivity contribution in [2.75, 3.05) is 50.8 Å². The van der Waals surface area contributed by atoms with E-state index < -0.39 is 0 Å². The lowest BCUT2D eigenvalue weighted by molar-refractivity contribution is -0.136. The second-order valence-corrected chi connectivity index (χ2v) is 7.58. The number of benzene rings is 1. The van der Waals surface area contributed by atoms with Crippen LogP contribution in [-0.4, -0.2) is 73.6 Å². The number of nitrogens with zero attached hydrogens (tertiary/aromatic N) is 3. The average molecular weight is 375 g/mol. The number of halogens is 1. The van der Waals surface area contributed by atoms with Crippen molar-refractivity contribution in [3.8, 4) is 0 Å². The Morgan fingerprint density at radius 1 is 1.04 bits per heavy atom. The summed E-state index contributed by atoms with van der Waals surface area (Å²) in [4.78, 5) is 31.3. The lowest BCUT2D eigenvalue weighted by Crippen LogP contribution is -2.51. The summed E-state index contributed by atoms with van der Waals surface area (Å²) >= 11 is 0. The first-order valence-electron chi connectivity index (χ1n) is 9.78. The van der Waals surface area contributed by atoms with Crippen molar-refractivity contribution in [2.45, 2.75) is 25.3 Å². The van der Waals surface area contributed by atoms with E-state index in [4.69, 9.17) is 4.74 Å². The first-order valence-corrected chi connectivity index (χ1v) is 9.78. The van der Waals surface area contributed by atoms with Gasteiger partial charge < -0.3 is 19.4 Å². The molecule has 2 amide bonds. The van der Waals surface area contributed by atoms with E-state index in [2.05, 4.69) is 4.90 Å². The number of likely N-dealkylation sites (tertiary alicyclic amines) is 1. The molecule has 0 spiro atoms. The van der Waals surface area contributed by atoms with E-state index in [0.29, 0.717) is 39.3 Å². The number of carbonyl (C=O) groups is 2. The third kappa shape index (κ3) is 3.93. The van der Waals surface area contributed by atoms with Gasteiger partial charge in [-0.1, -0.05) is 0 Å². The van der Waals surface area contributed by atoms with Crippen molar-refractivity contribution in [1.82, 2.24) is 9.80 Å². The Bertz CT molecular complexity index is 682. The van der Waals surface area contributed by atoms with E-state index >= 15 is 0 Å². The van der Waals surface area contributed by atoms with Crippen molar-refractivity contribution in [1.29, 1.82) is 0 Å². The number of piperazine rings is 1. The van der Waals surface area contributed by atoms with Gasteiger partial charge in [0.1, 0.15) is 5.82 Å². The molecule has 1 unspecified atom stereocenters. The van der Waals surface area contributed by atoms with Gasteiger partial charge in [-0.05, 0) is 37.1 Å². The molecule has 3 aliphatic rings. The highest BCUT2D eigenvalue weighted by Gasteiger charge is 2.40. The highest BCUT2D eigenvalue weighted by molar-refractivity contribution is 5.89. The first-order chi connectivity index (χ1) is 13.1. The lowest BCUT2D eigenvalue weighted by Gasteiger charge is -2.37. The van der Waals surface area contributed by atoms with Crippen molar-refractivity contribution >= 4 is 17.5 Å². The van der Waals surface area contributed by atoms with Crippen LogP contribution in [0.1, 0.15) is 19.3 Å². The minimum atomic E-state index is -0.243. The number of rotatable bonds is 3. The molecule has 0 radical (unpaired) electrons. The molecule has 7 heteroatoms. The van der Waals surface area contributed by atoms with Gasteiger partial charge in [-0.3, -0.25) is 9.59 Å². The first kappa shape index (κ1) is 18.2. The van der Waals surface area contributed by atoms with E-state index in [1.807, 2.05) is 9.80 Å². The fourth-order valence-electron chi connectivity index (χ4n) is 4.34. The summed E-state index contributed by atoms with van der Waals surface area (Å²) in [6, 6.07) is 6.69. The van der Waals surface area contributed by atoms with Gasteiger partial charge in [0.15, 0.2) is 0 Å². The van der Waals surface area contributed by atoms with Crippen LogP contribution in [-0.2, 0) is 14.3 Å². The minimum absolute atomic E-state index is 0.0941. The molecule has 3 fully saturated rings. The van der Waals surface area contributed by atoms with Gasteiger partial charge in [0.25, 0.3) is 0 Å². The molecule has 27 heavy (non-hydrogen) atoms. The molecule has 0 aliphatic carbocycles. The third-order valence-electron chi connectivity index (χ3n) is 5.92. The van der Waals surface area contributed by atoms with Gasteiger partial charge >= 0.3 is 0 Å². The number of amides is 2. The zero-order valence-corrected chi connectivity index (χ0v) is 15.5. The summed E-state index contributed by atoms with van der Waals surface area (Å²) in [6.07, 6.45) is 2.06. The molecule has 3 saturated heterocycles. The molecular formula is C20H26FN3O3. The summed E-state index contributed by atoms with van der Waals surface area (Å²) in [5, 5.41) is 0. The molecule has 146 valence electrons. The van der Waals surface area contributed by atoms with E-state index in [1.165, 1.54) is 12.1 Å². The third-order valence-corrected chi connectivity index (χ3v) is 5.92. The molecule has 0 N–H and O–H groups in total. The SMILES string of the molecule is O=C(C1CC(=O)N(C2CCOCC2)C1)N1CCN(c2ccc(F)cc2)CC1. The van der Waals surface area contributed by atoms with Crippen molar-refractivity contribution in [3.05, 3.63) is 30.1 Å². The molecular weight excluding hydrogens is 349 g/mol. The van der Waals surface area contributed by atoms with Crippen LogP contribution >= 0.6 is 0 Å². The molecule has 3 heterocycles. The number of anilines is 1. The summed E-state index contributed by atoms with van der Waals surface area (Å²) in [6.45, 7) is 4.65. The Morgan fingerprint density at radius 2 is 1.70 bits per heavy atom. The van der Waals surface area contributed by atoms with Crippen LogP contribution in [0.25, 0.3) is 0 Å². The summed E-state index contributed by atoms with van der Waals surface area (Å²) in [5.74, 6) is -0.271. The van der Waals surface area contributed by atoms with Gasteiger partial charge in [-0.25, -0.2) is 4.39 Å². The normalized spacial score (nSPS) is 24.6. The smallest absolute Gasteiger partial charge is 0.228 e. The monoisotopic (exact) mass is 375 g/mol. The van der Waals surface area contributed by atoms with Gasteiger partial charge in [0.05, 0.1) is 5.92 Å². The maximum atomic E-state index is 13.1. The molecule has 3 aliphatic heterocycles. The fraction of sp³-hybridized carbons (Fsp3) is 0.600. The van der Waals surface area contributed by atoms with Crippen molar-refractivity contribution in [2.24, 2.45) is 5.92 Å². The Labute approximate surface area is 158 Å². The Kier molecular flexibility index (Phi) is 5.29. The summed E-state index contributed by atoms with van der Waals surface area (Å²) in [7, 11) is 0. The van der Waals surface area contributed by atoms with E-state index in [0.717, 1.165) is 31.6 Å². The predicted octanol–water partition coefficient (Wildman–Crippen LogP) is 1.50. The van der Waals surface area contributed by atoms with Gasteiger partial charge in [0.2, 0.25) is 11.8 Å². The minimum Gasteiger partial charge on any atom is -0.381 e. The van der Waals surface area contributed by atoms with E-state index in [9.17, 15) is 14.0 Å². The molecule has 1 aromatic carbocycles. The number of carbonyl (C=O) groups excluding carboxylic acids is 2. The Morgan fingerprint density at radius 3 is 2.37 bits per heavy atom. The second-order valence-electron chi connectivity index (χ2n) is 7.58. The molecule has 6 nitrogen and oxygen atoms in total. The average Bonchev–Trinajstić information content (AvgIpc) is 3.10. The quantitative estimate of drug-likeness (QED) is 0.804. The van der Waals surface area contributed by atoms with Crippen molar-refractivity contribution < 1.29 is 18.7 Å². The van der Waals surface area contributed by atoms with Crippen LogP contribution in [0.15, 0.2) is 24.3 Å². The highest BCUT2D eigenvalue weighted by atomic mass is 19.1. The standard InChI is InChI=1S/C20H26FN3O3/c21-16-1-3-17(4-2-16)22-7-9-23(10-8-22)20(26)15-13-19(25)24(14-15)18-5-11-27-12-6-18/h1-4,15,18H,5-14H2. The zero-order valence-electron chi connectivity index (χ0n) is 15.5. The molecule has 4 rings (SSSR count). The molecule has 1 atom stereocenters. The zero-order chi connectivity index (χ0) is 18.8. The maximum absolute atomic E-state index is 13.1. The summed E-state index contributed by atoms with van der Waals surface area (Å²) < 4.78 is 18.5. The number of hydrogen-bond acceptors (Lipinski definition) is 4. The summed E-state index contributed by atoms with van der Waals surface area (Å²) in [5.41, 5.74) is 0.977. The van der Waals surface area contributed by atoms with Gasteiger partial charge in [-0.15, -0.1) is 0 Å². The van der Waals surface area contributed by atoms with E-state index in [1.54, 1.807) is 12.1 Å². The number of hydrogen-bond donors (Lipinski definition) is 0. The van der Waals surface area contributed by atoms with Crippen LogP contribution in [0.5, 0.6) is 0 Å². The molecule has 0 saturated carbocycles. The van der Waals surface area contributed by atoms with E-state index in [-0.39, 0.29) is 29.6 Å². The molecule has 0 aromatic heterocycles. The molecule has 0 bridgehead atoms. The van der Waals surface area contributed by atoms with Crippen LogP contribution in [0.3, 0.4) is 0 Å². The fourth-order valence-corrected chi connectivity index (χ4v) is 4.34. The van der Waals surface area contributed by atoms with Gasteiger partial charge in [0, 0.05) is 64.1 Å². The van der Waals surface area contributed by atoms with Crippen LogP contribution < -0.4 is 4.90 Å². The van der Waals surface area contributed by atoms with Crippen LogP contribution in [0.4, 0.5) is 10.1 Å². The number of ether oxygens (including phenoxy) is 1. The predicted molar refractivity (Wildman–Crippen MR) is 98.9 cm³/mol. The van der Waals surface area contributed by atoms with Crippen LogP contribution in [0.2, 0.25) is 0 Å². The highest BCUT2D eigenvalue weighted by Crippen LogP contribution is 2.27. The van der Waals surface area contributed by atoms with Crippen molar-refractivity contribution in [3.63, 3.8) is 0 Å². The Balaban J connectivity index is 1.31. The lowest BCUT2D eigenvalue weighted by atomic mass is 10.1. The van der Waals surface area contributed by atoms with Crippen LogP contribution in [0, 0.1) is 11.7 Å².